The highest BCUT2D eigenvalue weighted by Crippen LogP contribution is 2.57. The van der Waals surface area contributed by atoms with Gasteiger partial charge < -0.3 is 19.3 Å². The molecule has 0 N–H and O–H groups in total. The number of hydrogen-bond donors (Lipinski definition) is 0. The molecule has 2 heterocycles. The van der Waals surface area contributed by atoms with E-state index in [-0.39, 0.29) is 5.97 Å². The fourth-order valence-corrected chi connectivity index (χ4v) is 6.77. The molecule has 0 aliphatic carbocycles. The zero-order valence-corrected chi connectivity index (χ0v) is 26.8. The van der Waals surface area contributed by atoms with E-state index in [1.54, 1.807) is 0 Å². The SMILES string of the molecule is CCN(CCC(C)C)c1ccc2c(c1)Oc1ccc(N(Cc3ccccc3)Cc3ccccc3)cc1C21OC(=O)c2ccccc21. The number of nitrogens with zero attached hydrogens (tertiary/aromatic N) is 2. The van der Waals surface area contributed by atoms with Gasteiger partial charge in [0.2, 0.25) is 0 Å². The lowest BCUT2D eigenvalue weighted by Gasteiger charge is -2.38. The van der Waals surface area contributed by atoms with Gasteiger partial charge in [-0.25, -0.2) is 4.79 Å². The molecule has 5 heteroatoms. The minimum Gasteiger partial charge on any atom is -0.456 e. The number of carbonyl (C=O) groups is 1. The molecular formula is C41H40N2O3. The van der Waals surface area contributed by atoms with Crippen molar-refractivity contribution in [3.05, 3.63) is 155 Å². The smallest absolute Gasteiger partial charge is 0.340 e. The highest BCUT2D eigenvalue weighted by molar-refractivity contribution is 5.97. The van der Waals surface area contributed by atoms with Crippen molar-refractivity contribution in [2.75, 3.05) is 22.9 Å². The van der Waals surface area contributed by atoms with Crippen molar-refractivity contribution in [2.24, 2.45) is 5.92 Å². The molecule has 0 radical (unpaired) electrons. The van der Waals surface area contributed by atoms with Crippen molar-refractivity contribution in [2.45, 2.75) is 45.9 Å². The van der Waals surface area contributed by atoms with Gasteiger partial charge in [-0.3, -0.25) is 0 Å². The Labute approximate surface area is 272 Å². The largest absolute Gasteiger partial charge is 0.456 e. The Hall–Kier alpha value is -5.03. The summed E-state index contributed by atoms with van der Waals surface area (Å²) in [6.45, 7) is 10.0. The summed E-state index contributed by atoms with van der Waals surface area (Å²) >= 11 is 0. The highest BCUT2D eigenvalue weighted by atomic mass is 16.6. The van der Waals surface area contributed by atoms with E-state index in [1.165, 1.54) is 11.1 Å². The van der Waals surface area contributed by atoms with Crippen molar-refractivity contribution in [3.63, 3.8) is 0 Å². The first kappa shape index (κ1) is 29.7. The van der Waals surface area contributed by atoms with Crippen LogP contribution in [0, 0.1) is 5.92 Å². The minimum absolute atomic E-state index is 0.318. The van der Waals surface area contributed by atoms with Gasteiger partial charge in [0.05, 0.1) is 5.56 Å². The van der Waals surface area contributed by atoms with Crippen LogP contribution in [0.4, 0.5) is 11.4 Å². The van der Waals surface area contributed by atoms with Gasteiger partial charge in [-0.15, -0.1) is 0 Å². The molecule has 0 bridgehead atoms. The summed E-state index contributed by atoms with van der Waals surface area (Å²) < 4.78 is 13.2. The number of ether oxygens (including phenoxy) is 2. The third-order valence-corrected chi connectivity index (χ3v) is 9.20. The van der Waals surface area contributed by atoms with Crippen LogP contribution in [-0.2, 0) is 23.4 Å². The summed E-state index contributed by atoms with van der Waals surface area (Å²) in [5.41, 5.74) is 6.57. The zero-order valence-electron chi connectivity index (χ0n) is 26.8. The lowest BCUT2D eigenvalue weighted by atomic mass is 9.77. The topological polar surface area (TPSA) is 42.0 Å². The third kappa shape index (κ3) is 5.40. The van der Waals surface area contributed by atoms with Crippen LogP contribution >= 0.6 is 0 Å². The minimum atomic E-state index is -1.12. The van der Waals surface area contributed by atoms with Gasteiger partial charge in [-0.2, -0.15) is 0 Å². The molecule has 0 saturated heterocycles. The monoisotopic (exact) mass is 608 g/mol. The van der Waals surface area contributed by atoms with Crippen LogP contribution in [0.25, 0.3) is 0 Å². The third-order valence-electron chi connectivity index (χ3n) is 9.20. The normalized spacial score (nSPS) is 16.0. The zero-order chi connectivity index (χ0) is 31.7. The number of fused-ring (bicyclic) bond motifs is 6. The molecule has 1 atom stereocenters. The summed E-state index contributed by atoms with van der Waals surface area (Å²) in [7, 11) is 0. The summed E-state index contributed by atoms with van der Waals surface area (Å²) in [6.07, 6.45) is 1.11. The number of rotatable bonds is 10. The molecule has 2 aliphatic heterocycles. The molecule has 0 fully saturated rings. The maximum atomic E-state index is 13.5. The van der Waals surface area contributed by atoms with Crippen molar-refractivity contribution in [1.29, 1.82) is 0 Å². The second-order valence-corrected chi connectivity index (χ2v) is 12.7. The second kappa shape index (κ2) is 12.4. The van der Waals surface area contributed by atoms with Gasteiger partial charge in [0.15, 0.2) is 5.60 Å². The number of benzene rings is 5. The molecule has 0 aromatic heterocycles. The maximum absolute atomic E-state index is 13.5. The molecule has 7 rings (SSSR count). The Morgan fingerprint density at radius 3 is 1.96 bits per heavy atom. The van der Waals surface area contributed by atoms with E-state index in [9.17, 15) is 4.79 Å². The molecule has 5 nitrogen and oxygen atoms in total. The fourth-order valence-electron chi connectivity index (χ4n) is 6.77. The van der Waals surface area contributed by atoms with E-state index < -0.39 is 5.60 Å². The van der Waals surface area contributed by atoms with Gasteiger partial charge in [0, 0.05) is 60.3 Å². The first-order valence-electron chi connectivity index (χ1n) is 16.3. The molecule has 0 saturated carbocycles. The van der Waals surface area contributed by atoms with Crippen LogP contribution in [-0.4, -0.2) is 19.1 Å². The van der Waals surface area contributed by atoms with Crippen LogP contribution in [0.2, 0.25) is 0 Å². The van der Waals surface area contributed by atoms with Crippen molar-refractivity contribution in [3.8, 4) is 11.5 Å². The van der Waals surface area contributed by atoms with Gasteiger partial charge in [-0.05, 0) is 66.8 Å². The van der Waals surface area contributed by atoms with Gasteiger partial charge in [-0.1, -0.05) is 92.7 Å². The Morgan fingerprint density at radius 2 is 1.28 bits per heavy atom. The quantitative estimate of drug-likeness (QED) is 0.148. The molecule has 5 aromatic carbocycles. The standard InChI is InChI=1S/C41H40N2O3/c1-4-42(24-23-29(2)3)33-19-21-36-39(26-33)45-38-22-20-32(25-37(38)41(36)35-18-12-11-17-34(35)40(44)46-41)43(27-30-13-7-5-8-14-30)28-31-15-9-6-10-16-31/h5-22,25-26,29H,4,23-24,27-28H2,1-3H3. The first-order valence-corrected chi connectivity index (χ1v) is 16.3. The molecule has 5 aromatic rings. The fraction of sp³-hybridized carbons (Fsp3) is 0.244. The van der Waals surface area contributed by atoms with Crippen LogP contribution in [0.5, 0.6) is 11.5 Å². The summed E-state index contributed by atoms with van der Waals surface area (Å²) in [4.78, 5) is 18.3. The van der Waals surface area contributed by atoms with Crippen molar-refractivity contribution < 1.29 is 14.3 Å². The molecule has 46 heavy (non-hydrogen) atoms. The summed E-state index contributed by atoms with van der Waals surface area (Å²) in [6, 6.07) is 41.5. The Bertz CT molecular complexity index is 1810. The predicted molar refractivity (Wildman–Crippen MR) is 185 cm³/mol. The molecule has 1 unspecified atom stereocenters. The van der Waals surface area contributed by atoms with Crippen LogP contribution < -0.4 is 14.5 Å². The summed E-state index contributed by atoms with van der Waals surface area (Å²) in [5, 5.41) is 0. The van der Waals surface area contributed by atoms with Crippen molar-refractivity contribution in [1.82, 2.24) is 0 Å². The van der Waals surface area contributed by atoms with E-state index in [2.05, 4.69) is 109 Å². The Balaban J connectivity index is 1.36. The molecular weight excluding hydrogens is 568 g/mol. The highest BCUT2D eigenvalue weighted by Gasteiger charge is 2.53. The number of esters is 1. The van der Waals surface area contributed by atoms with E-state index in [0.29, 0.717) is 17.2 Å². The number of anilines is 2. The molecule has 1 spiro atoms. The predicted octanol–water partition coefficient (Wildman–Crippen LogP) is 9.33. The lowest BCUT2D eigenvalue weighted by molar-refractivity contribution is 0.0224. The van der Waals surface area contributed by atoms with Gasteiger partial charge >= 0.3 is 5.97 Å². The maximum Gasteiger partial charge on any atom is 0.340 e. The molecule has 2 aliphatic rings. The van der Waals surface area contributed by atoms with Crippen LogP contribution in [0.15, 0.2) is 121 Å². The van der Waals surface area contributed by atoms with Crippen LogP contribution in [0.3, 0.4) is 0 Å². The molecule has 0 amide bonds. The van der Waals surface area contributed by atoms with E-state index in [1.807, 2.05) is 42.5 Å². The van der Waals surface area contributed by atoms with E-state index in [4.69, 9.17) is 9.47 Å². The van der Waals surface area contributed by atoms with Crippen LogP contribution in [0.1, 0.15) is 65.4 Å². The second-order valence-electron chi connectivity index (χ2n) is 12.7. The first-order chi connectivity index (χ1) is 22.5. The van der Waals surface area contributed by atoms with E-state index in [0.717, 1.165) is 66.4 Å². The van der Waals surface area contributed by atoms with Crippen molar-refractivity contribution >= 4 is 17.3 Å². The van der Waals surface area contributed by atoms with Gasteiger partial charge in [0.1, 0.15) is 11.5 Å². The Kier molecular flexibility index (Phi) is 8.00. The Morgan fingerprint density at radius 1 is 0.652 bits per heavy atom. The average molecular weight is 609 g/mol. The van der Waals surface area contributed by atoms with Gasteiger partial charge in [0.25, 0.3) is 0 Å². The van der Waals surface area contributed by atoms with E-state index >= 15 is 0 Å². The molecule has 232 valence electrons. The lowest BCUT2D eigenvalue weighted by Crippen LogP contribution is -2.34. The number of carbonyl (C=O) groups excluding carboxylic acids is 1. The average Bonchev–Trinajstić information content (AvgIpc) is 3.38. The number of hydrogen-bond acceptors (Lipinski definition) is 5. The summed E-state index contributed by atoms with van der Waals surface area (Å²) in [5.74, 6) is 1.71.